The number of carbonyl (C=O) groups is 3. The molecule has 1 fully saturated rings. The van der Waals surface area contributed by atoms with E-state index in [1.165, 1.54) is 0 Å². The van der Waals surface area contributed by atoms with E-state index < -0.39 is 17.3 Å². The molecule has 12 heteroatoms. The Labute approximate surface area is 266 Å². The average molecular weight is 631 g/mol. The number of carbonyl (C=O) groups excluding carboxylic acids is 3. The third-order valence-corrected chi connectivity index (χ3v) is 7.68. The summed E-state index contributed by atoms with van der Waals surface area (Å²) in [6.45, 7) is 13.2. The summed E-state index contributed by atoms with van der Waals surface area (Å²) in [7, 11) is 0. The summed E-state index contributed by atoms with van der Waals surface area (Å²) >= 11 is 1.58. The molecule has 0 atom stereocenters. The van der Waals surface area contributed by atoms with Gasteiger partial charge in [0.15, 0.2) is 0 Å². The van der Waals surface area contributed by atoms with E-state index in [0.29, 0.717) is 60.0 Å². The van der Waals surface area contributed by atoms with Gasteiger partial charge in [-0.1, -0.05) is 12.1 Å². The summed E-state index contributed by atoms with van der Waals surface area (Å²) in [6, 6.07) is 14.5. The van der Waals surface area contributed by atoms with Crippen LogP contribution in [0.1, 0.15) is 51.9 Å². The molecule has 5 rings (SSSR count). The van der Waals surface area contributed by atoms with Crippen LogP contribution < -0.4 is 15.5 Å². The van der Waals surface area contributed by atoms with E-state index in [0.717, 1.165) is 10.4 Å². The van der Waals surface area contributed by atoms with E-state index >= 15 is 0 Å². The fourth-order valence-electron chi connectivity index (χ4n) is 4.70. The Morgan fingerprint density at radius 3 is 2.22 bits per heavy atom. The summed E-state index contributed by atoms with van der Waals surface area (Å²) < 4.78 is 10.9. The maximum absolute atomic E-state index is 13.5. The summed E-state index contributed by atoms with van der Waals surface area (Å²) in [6.07, 6.45) is 0.744. The lowest BCUT2D eigenvalue weighted by atomic mass is 10.1. The Balaban J connectivity index is 1.30. The largest absolute Gasteiger partial charge is 0.444 e. The summed E-state index contributed by atoms with van der Waals surface area (Å²) in [5.74, 6) is 0.336. The van der Waals surface area contributed by atoms with Crippen LogP contribution in [0.25, 0.3) is 21.5 Å². The van der Waals surface area contributed by atoms with Gasteiger partial charge >= 0.3 is 12.2 Å². The summed E-state index contributed by atoms with van der Waals surface area (Å²) in [5.41, 5.74) is 2.13. The molecule has 2 aromatic heterocycles. The van der Waals surface area contributed by atoms with E-state index in [9.17, 15) is 14.4 Å². The number of nitrogens with zero attached hydrogens (tertiary/aromatic N) is 4. The Hall–Kier alpha value is -4.71. The number of benzene rings is 2. The summed E-state index contributed by atoms with van der Waals surface area (Å²) in [4.78, 5) is 52.6. The summed E-state index contributed by atoms with van der Waals surface area (Å²) in [5, 5.41) is 7.68. The molecule has 2 aromatic carbocycles. The zero-order chi connectivity index (χ0) is 32.4. The number of hydrogen-bond donors (Lipinski definition) is 2. The van der Waals surface area contributed by atoms with Gasteiger partial charge in [0.25, 0.3) is 5.91 Å². The van der Waals surface area contributed by atoms with E-state index in [-0.39, 0.29) is 12.0 Å². The fourth-order valence-corrected chi connectivity index (χ4v) is 5.42. The first-order chi connectivity index (χ1) is 21.2. The highest BCUT2D eigenvalue weighted by Gasteiger charge is 2.27. The molecule has 0 spiro atoms. The molecule has 11 nitrogen and oxygen atoms in total. The number of thiophene rings is 1. The maximum Gasteiger partial charge on any atom is 0.412 e. The minimum atomic E-state index is -0.676. The van der Waals surface area contributed by atoms with Crippen molar-refractivity contribution >= 4 is 57.7 Å². The van der Waals surface area contributed by atoms with Crippen molar-refractivity contribution in [2.75, 3.05) is 41.7 Å². The van der Waals surface area contributed by atoms with Crippen molar-refractivity contribution in [2.24, 2.45) is 0 Å². The molecule has 45 heavy (non-hydrogen) atoms. The lowest BCUT2D eigenvalue weighted by Crippen LogP contribution is -2.50. The molecule has 3 amide bonds. The number of amides is 3. The van der Waals surface area contributed by atoms with Crippen molar-refractivity contribution in [2.45, 2.75) is 52.7 Å². The van der Waals surface area contributed by atoms with Gasteiger partial charge in [-0.2, -0.15) is 0 Å². The molecular formula is C33H38N6O5S. The minimum Gasteiger partial charge on any atom is -0.444 e. The van der Waals surface area contributed by atoms with Gasteiger partial charge in [0.05, 0.1) is 28.6 Å². The zero-order valence-corrected chi connectivity index (χ0v) is 27.2. The first kappa shape index (κ1) is 31.7. The number of anilines is 3. The molecule has 3 heterocycles. The molecule has 0 radical (unpaired) electrons. The highest BCUT2D eigenvalue weighted by atomic mass is 32.1. The van der Waals surface area contributed by atoms with Crippen molar-refractivity contribution in [1.29, 1.82) is 0 Å². The van der Waals surface area contributed by atoms with E-state index in [1.807, 2.05) is 50.4 Å². The second-order valence-electron chi connectivity index (χ2n) is 12.7. The SMILES string of the molecule is CC(C)(C)OC(=O)Nc1ccc(-c2cccs2)cc1NC(=O)c1ccc2nc(N3CCN(C(=O)OC(C)(C)C)CC3)cnc2c1. The fraction of sp³-hybridized carbons (Fsp3) is 0.364. The monoisotopic (exact) mass is 630 g/mol. The van der Waals surface area contributed by atoms with Crippen molar-refractivity contribution in [3.05, 3.63) is 65.7 Å². The molecule has 0 saturated carbocycles. The molecule has 4 aromatic rings. The van der Waals surface area contributed by atoms with Gasteiger partial charge in [-0.3, -0.25) is 15.1 Å². The molecule has 1 saturated heterocycles. The first-order valence-electron chi connectivity index (χ1n) is 14.7. The molecule has 1 aliphatic heterocycles. The Morgan fingerprint density at radius 1 is 0.822 bits per heavy atom. The topological polar surface area (TPSA) is 126 Å². The smallest absolute Gasteiger partial charge is 0.412 e. The Morgan fingerprint density at radius 2 is 1.56 bits per heavy atom. The van der Waals surface area contributed by atoms with Gasteiger partial charge in [-0.05, 0) is 88.9 Å². The van der Waals surface area contributed by atoms with Crippen molar-refractivity contribution < 1.29 is 23.9 Å². The third-order valence-electron chi connectivity index (χ3n) is 6.76. The Kier molecular flexibility index (Phi) is 8.96. The normalized spacial score (nSPS) is 13.8. The molecule has 0 aliphatic carbocycles. The van der Waals surface area contributed by atoms with Crippen LogP contribution >= 0.6 is 11.3 Å². The van der Waals surface area contributed by atoms with Crippen LogP contribution in [0, 0.1) is 0 Å². The lowest BCUT2D eigenvalue weighted by Gasteiger charge is -2.36. The van der Waals surface area contributed by atoms with Crippen LogP contribution in [0.4, 0.5) is 26.8 Å². The average Bonchev–Trinajstić information content (AvgIpc) is 3.51. The van der Waals surface area contributed by atoms with Crippen molar-refractivity contribution in [3.63, 3.8) is 0 Å². The lowest BCUT2D eigenvalue weighted by molar-refractivity contribution is 0.0240. The van der Waals surface area contributed by atoms with E-state index in [2.05, 4.69) is 20.5 Å². The number of fused-ring (bicyclic) bond motifs is 1. The standard InChI is InChI=1S/C33H38N6O5S/c1-32(2,3)43-30(41)37-24-11-9-21(27-8-7-17-45-27)18-26(24)36-29(40)22-10-12-23-25(19-22)34-20-28(35-23)38-13-15-39(16-14-38)31(42)44-33(4,5)6/h7-12,17-20H,13-16H2,1-6H3,(H,36,40)(H,37,41). The predicted molar refractivity (Wildman–Crippen MR) is 177 cm³/mol. The number of rotatable bonds is 5. The van der Waals surface area contributed by atoms with E-state index in [1.54, 1.807) is 67.5 Å². The van der Waals surface area contributed by atoms with Gasteiger partial charge in [0, 0.05) is 36.6 Å². The van der Waals surface area contributed by atoms with E-state index in [4.69, 9.17) is 14.5 Å². The first-order valence-corrected chi connectivity index (χ1v) is 15.6. The highest BCUT2D eigenvalue weighted by molar-refractivity contribution is 7.13. The van der Waals surface area contributed by atoms with Crippen LogP contribution in [0.15, 0.2) is 60.1 Å². The van der Waals surface area contributed by atoms with Crippen LogP contribution in [-0.2, 0) is 9.47 Å². The molecular weight excluding hydrogens is 592 g/mol. The van der Waals surface area contributed by atoms with Gasteiger partial charge in [-0.25, -0.2) is 14.6 Å². The van der Waals surface area contributed by atoms with Gasteiger partial charge < -0.3 is 24.6 Å². The number of hydrogen-bond acceptors (Lipinski definition) is 9. The van der Waals surface area contributed by atoms with Crippen molar-refractivity contribution in [1.82, 2.24) is 14.9 Å². The second kappa shape index (κ2) is 12.7. The predicted octanol–water partition coefficient (Wildman–Crippen LogP) is 7.01. The zero-order valence-electron chi connectivity index (χ0n) is 26.3. The molecule has 2 N–H and O–H groups in total. The number of ether oxygens (including phenoxy) is 2. The quantitative estimate of drug-likeness (QED) is 0.241. The third kappa shape index (κ3) is 8.27. The molecule has 1 aliphatic rings. The van der Waals surface area contributed by atoms with Gasteiger partial charge in [-0.15, -0.1) is 11.3 Å². The molecule has 0 unspecified atom stereocenters. The molecule has 0 bridgehead atoms. The van der Waals surface area contributed by atoms with Crippen LogP contribution in [0.3, 0.4) is 0 Å². The van der Waals surface area contributed by atoms with Crippen molar-refractivity contribution in [3.8, 4) is 10.4 Å². The number of nitrogens with one attached hydrogen (secondary N) is 2. The number of piperazine rings is 1. The van der Waals surface area contributed by atoms with Gasteiger partial charge in [0.1, 0.15) is 17.0 Å². The van der Waals surface area contributed by atoms with Crippen LogP contribution in [0.5, 0.6) is 0 Å². The molecule has 236 valence electrons. The van der Waals surface area contributed by atoms with Gasteiger partial charge in [0.2, 0.25) is 0 Å². The number of aromatic nitrogens is 2. The van der Waals surface area contributed by atoms with Crippen LogP contribution in [0.2, 0.25) is 0 Å². The highest BCUT2D eigenvalue weighted by Crippen LogP contribution is 2.32. The second-order valence-corrected chi connectivity index (χ2v) is 13.7. The van der Waals surface area contributed by atoms with Crippen LogP contribution in [-0.4, -0.2) is 70.3 Å². The minimum absolute atomic E-state index is 0.316. The maximum atomic E-state index is 13.5. The Bertz CT molecular complexity index is 1700.